The lowest BCUT2D eigenvalue weighted by atomic mass is 10.1. The number of carbonyl (C=O) groups is 1. The first-order valence-corrected chi connectivity index (χ1v) is 9.33. The molecule has 1 amide bonds. The van der Waals surface area contributed by atoms with E-state index in [-0.39, 0.29) is 12.0 Å². The number of thioether (sulfide) groups is 1. The molecule has 1 aliphatic rings. The fraction of sp³-hybridized carbons (Fsp3) is 0.200. The molecule has 0 aliphatic carbocycles. The third-order valence-electron chi connectivity index (χ3n) is 4.04. The number of rotatable bonds is 5. The summed E-state index contributed by atoms with van der Waals surface area (Å²) in [6, 6.07) is 15.6. The van der Waals surface area contributed by atoms with Gasteiger partial charge in [0.1, 0.15) is 10.4 Å². The van der Waals surface area contributed by atoms with E-state index in [1.165, 1.54) is 16.7 Å². The summed E-state index contributed by atoms with van der Waals surface area (Å²) in [6.45, 7) is 2.00. The highest BCUT2D eigenvalue weighted by molar-refractivity contribution is 8.26. The van der Waals surface area contributed by atoms with Crippen LogP contribution in [0.5, 0.6) is 11.5 Å². The van der Waals surface area contributed by atoms with Gasteiger partial charge in [-0.15, -0.1) is 0 Å². The summed E-state index contributed by atoms with van der Waals surface area (Å²) in [5.74, 6) is 1.19. The fourth-order valence-electron chi connectivity index (χ4n) is 2.55. The number of ether oxygens (including phenoxy) is 2. The summed E-state index contributed by atoms with van der Waals surface area (Å²) in [7, 11) is 3.28. The molecule has 26 heavy (non-hydrogen) atoms. The first-order valence-electron chi connectivity index (χ1n) is 8.11. The number of methoxy groups -OCH3 is 1. The summed E-state index contributed by atoms with van der Waals surface area (Å²) in [4.78, 5) is 14.2. The summed E-state index contributed by atoms with van der Waals surface area (Å²) in [5, 5.41) is 0. The number of benzene rings is 2. The Morgan fingerprint density at radius 3 is 2.50 bits per heavy atom. The topological polar surface area (TPSA) is 38.8 Å². The van der Waals surface area contributed by atoms with E-state index in [9.17, 15) is 4.79 Å². The highest BCUT2D eigenvalue weighted by Crippen LogP contribution is 2.35. The van der Waals surface area contributed by atoms with Gasteiger partial charge >= 0.3 is 0 Å². The molecular formula is C20H19NO3S2. The Morgan fingerprint density at radius 2 is 1.88 bits per heavy atom. The quantitative estimate of drug-likeness (QED) is 0.553. The number of carbonyl (C=O) groups excluding carboxylic acids is 1. The number of hydrogen-bond acceptors (Lipinski definition) is 5. The smallest absolute Gasteiger partial charge is 0.265 e. The largest absolute Gasteiger partial charge is 0.493 e. The molecular weight excluding hydrogens is 366 g/mol. The van der Waals surface area contributed by atoms with Crippen LogP contribution in [0, 0.1) is 0 Å². The lowest BCUT2D eigenvalue weighted by molar-refractivity contribution is -0.121. The monoisotopic (exact) mass is 385 g/mol. The van der Waals surface area contributed by atoms with Crippen LogP contribution in [0.3, 0.4) is 0 Å². The predicted molar refractivity (Wildman–Crippen MR) is 109 cm³/mol. The Kier molecular flexibility index (Phi) is 5.64. The predicted octanol–water partition coefficient (Wildman–Crippen LogP) is 4.67. The van der Waals surface area contributed by atoms with E-state index in [0.29, 0.717) is 20.7 Å². The average Bonchev–Trinajstić information content (AvgIpc) is 2.90. The first kappa shape index (κ1) is 18.5. The van der Waals surface area contributed by atoms with Gasteiger partial charge in [-0.2, -0.15) is 0 Å². The van der Waals surface area contributed by atoms with Crippen molar-refractivity contribution in [1.82, 2.24) is 4.90 Å². The van der Waals surface area contributed by atoms with Gasteiger partial charge in [0.15, 0.2) is 11.5 Å². The maximum atomic E-state index is 12.1. The van der Waals surface area contributed by atoms with Gasteiger partial charge in [-0.1, -0.05) is 60.4 Å². The number of thiocarbonyl (C=S) groups is 1. The van der Waals surface area contributed by atoms with Crippen molar-refractivity contribution in [3.63, 3.8) is 0 Å². The zero-order chi connectivity index (χ0) is 18.7. The number of nitrogens with zero attached hydrogens (tertiary/aromatic N) is 1. The standard InChI is InChI=1S/C20H19NO3S2/c1-13(15-7-5-4-6-8-15)24-16-10-9-14(11-17(16)23-3)12-18-19(22)21(2)20(25)26-18/h4-13H,1-3H3/b18-12+/t13-/m0/s1. The second kappa shape index (κ2) is 7.93. The maximum absolute atomic E-state index is 12.1. The van der Waals surface area contributed by atoms with Crippen LogP contribution in [-0.2, 0) is 4.79 Å². The van der Waals surface area contributed by atoms with Crippen LogP contribution < -0.4 is 9.47 Å². The van der Waals surface area contributed by atoms with Crippen molar-refractivity contribution in [2.45, 2.75) is 13.0 Å². The zero-order valence-electron chi connectivity index (χ0n) is 14.8. The molecule has 1 heterocycles. The molecule has 2 aromatic carbocycles. The maximum Gasteiger partial charge on any atom is 0.265 e. The molecule has 0 N–H and O–H groups in total. The molecule has 1 fully saturated rings. The summed E-state index contributed by atoms with van der Waals surface area (Å²) >= 11 is 6.46. The number of amides is 1. The minimum Gasteiger partial charge on any atom is -0.493 e. The van der Waals surface area contributed by atoms with Gasteiger partial charge in [-0.3, -0.25) is 9.69 Å². The first-order chi connectivity index (χ1) is 12.5. The highest BCUT2D eigenvalue weighted by Gasteiger charge is 2.28. The van der Waals surface area contributed by atoms with E-state index < -0.39 is 0 Å². The van der Waals surface area contributed by atoms with Crippen LogP contribution in [-0.4, -0.2) is 29.3 Å². The van der Waals surface area contributed by atoms with E-state index >= 15 is 0 Å². The van der Waals surface area contributed by atoms with Crippen molar-refractivity contribution in [2.75, 3.05) is 14.2 Å². The molecule has 0 aromatic heterocycles. The molecule has 1 aliphatic heterocycles. The Morgan fingerprint density at radius 1 is 1.15 bits per heavy atom. The van der Waals surface area contributed by atoms with Gasteiger partial charge < -0.3 is 9.47 Å². The van der Waals surface area contributed by atoms with Gasteiger partial charge in [0.25, 0.3) is 5.91 Å². The van der Waals surface area contributed by atoms with Crippen molar-refractivity contribution >= 4 is 40.3 Å². The SMILES string of the molecule is COc1cc(/C=C2/SC(=S)N(C)C2=O)ccc1O[C@@H](C)c1ccccc1. The molecule has 0 radical (unpaired) electrons. The third-order valence-corrected chi connectivity index (χ3v) is 5.53. The minimum atomic E-state index is -0.104. The van der Waals surface area contributed by atoms with Crippen LogP contribution in [0.15, 0.2) is 53.4 Å². The van der Waals surface area contributed by atoms with Crippen LogP contribution in [0.25, 0.3) is 6.08 Å². The van der Waals surface area contributed by atoms with Gasteiger partial charge in [-0.05, 0) is 36.3 Å². The van der Waals surface area contributed by atoms with Crippen molar-refractivity contribution < 1.29 is 14.3 Å². The van der Waals surface area contributed by atoms with Crippen LogP contribution in [0.1, 0.15) is 24.2 Å². The molecule has 0 unspecified atom stereocenters. The van der Waals surface area contributed by atoms with Crippen LogP contribution in [0.4, 0.5) is 0 Å². The molecule has 4 nitrogen and oxygen atoms in total. The van der Waals surface area contributed by atoms with Gasteiger partial charge in [0.2, 0.25) is 0 Å². The molecule has 0 bridgehead atoms. The van der Waals surface area contributed by atoms with Gasteiger partial charge in [0, 0.05) is 7.05 Å². The minimum absolute atomic E-state index is 0.0861. The average molecular weight is 386 g/mol. The summed E-state index contributed by atoms with van der Waals surface area (Å²) < 4.78 is 12.1. The molecule has 1 atom stereocenters. The molecule has 0 saturated carbocycles. The molecule has 1 saturated heterocycles. The molecule has 0 spiro atoms. The molecule has 6 heteroatoms. The highest BCUT2D eigenvalue weighted by atomic mass is 32.2. The van der Waals surface area contributed by atoms with Crippen LogP contribution >= 0.6 is 24.0 Å². The second-order valence-corrected chi connectivity index (χ2v) is 7.50. The molecule has 3 rings (SSSR count). The van der Waals surface area contributed by atoms with Crippen LogP contribution in [0.2, 0.25) is 0 Å². The fourth-order valence-corrected chi connectivity index (χ4v) is 3.73. The van der Waals surface area contributed by atoms with Crippen molar-refractivity contribution in [3.05, 3.63) is 64.6 Å². The van der Waals surface area contributed by atoms with Gasteiger partial charge in [-0.25, -0.2) is 0 Å². The summed E-state index contributed by atoms with van der Waals surface area (Å²) in [6.07, 6.45) is 1.71. The number of hydrogen-bond donors (Lipinski definition) is 0. The van der Waals surface area contributed by atoms with Crippen molar-refractivity contribution in [3.8, 4) is 11.5 Å². The van der Waals surface area contributed by atoms with Gasteiger partial charge in [0.05, 0.1) is 12.0 Å². The second-order valence-electron chi connectivity index (χ2n) is 5.82. The third kappa shape index (κ3) is 3.92. The normalized spacial score (nSPS) is 16.9. The van der Waals surface area contributed by atoms with E-state index in [1.807, 2.05) is 61.5 Å². The lowest BCUT2D eigenvalue weighted by Crippen LogP contribution is -2.22. The van der Waals surface area contributed by atoms with Crippen molar-refractivity contribution in [2.24, 2.45) is 0 Å². The van der Waals surface area contributed by atoms with E-state index in [4.69, 9.17) is 21.7 Å². The Labute approximate surface area is 162 Å². The summed E-state index contributed by atoms with van der Waals surface area (Å²) in [5.41, 5.74) is 1.95. The van der Waals surface area contributed by atoms with E-state index in [0.717, 1.165) is 11.1 Å². The van der Waals surface area contributed by atoms with E-state index in [2.05, 4.69) is 0 Å². The Balaban J connectivity index is 1.82. The Hall–Kier alpha value is -2.31. The Bertz CT molecular complexity index is 865. The molecule has 2 aromatic rings. The zero-order valence-corrected chi connectivity index (χ0v) is 16.4. The lowest BCUT2D eigenvalue weighted by Gasteiger charge is -2.17. The van der Waals surface area contributed by atoms with Crippen molar-refractivity contribution in [1.29, 1.82) is 0 Å². The van der Waals surface area contributed by atoms with E-state index in [1.54, 1.807) is 14.2 Å². The number of likely N-dealkylation sites (N-methyl/N-ethyl adjacent to an activating group) is 1. The molecule has 134 valence electrons.